The number of carbonyl (C=O) groups is 1. The van der Waals surface area contributed by atoms with Crippen LogP contribution in [0.15, 0.2) is 0 Å². The zero-order chi connectivity index (χ0) is 12.1. The van der Waals surface area contributed by atoms with E-state index in [2.05, 4.69) is 10.1 Å². The van der Waals surface area contributed by atoms with Crippen molar-refractivity contribution in [2.45, 2.75) is 38.5 Å². The van der Waals surface area contributed by atoms with Crippen molar-refractivity contribution in [3.05, 3.63) is 0 Å². The van der Waals surface area contributed by atoms with Crippen molar-refractivity contribution in [1.29, 1.82) is 0 Å². The molecule has 15 heavy (non-hydrogen) atoms. The molecule has 0 spiro atoms. The number of ether oxygens (including phenoxy) is 2. The van der Waals surface area contributed by atoms with E-state index < -0.39 is 11.6 Å². The molecule has 0 fully saturated rings. The average Bonchev–Trinajstić information content (AvgIpc) is 2.15. The molecule has 0 aliphatic rings. The molecule has 5 heteroatoms. The van der Waals surface area contributed by atoms with Gasteiger partial charge in [-0.15, -0.1) is 0 Å². The summed E-state index contributed by atoms with van der Waals surface area (Å²) in [6, 6.07) is -0.151. The number of nitrogens with one attached hydrogen (secondary N) is 1. The Hall–Kier alpha value is -0.650. The van der Waals surface area contributed by atoms with Crippen molar-refractivity contribution in [1.82, 2.24) is 5.32 Å². The van der Waals surface area contributed by atoms with Gasteiger partial charge in [-0.1, -0.05) is 0 Å². The van der Waals surface area contributed by atoms with Crippen LogP contribution in [0, 0.1) is 0 Å². The van der Waals surface area contributed by atoms with Gasteiger partial charge in [0.05, 0.1) is 13.2 Å². The van der Waals surface area contributed by atoms with Gasteiger partial charge in [-0.25, -0.2) is 4.79 Å². The number of hydrogen-bond acceptors (Lipinski definition) is 5. The SMILES string of the molecule is CNC[C@@H](OC(C)(C)C(=O)OC)[C@@H](C)N. The fourth-order valence-corrected chi connectivity index (χ4v) is 1.21. The Morgan fingerprint density at radius 3 is 2.40 bits per heavy atom. The van der Waals surface area contributed by atoms with Crippen LogP contribution < -0.4 is 11.1 Å². The Bertz CT molecular complexity index is 205. The first-order valence-corrected chi connectivity index (χ1v) is 5.01. The van der Waals surface area contributed by atoms with E-state index in [1.807, 2.05) is 14.0 Å². The Labute approximate surface area is 91.3 Å². The summed E-state index contributed by atoms with van der Waals surface area (Å²) in [6.45, 7) is 5.78. The van der Waals surface area contributed by atoms with Crippen LogP contribution in [0.2, 0.25) is 0 Å². The number of likely N-dealkylation sites (N-methyl/N-ethyl adjacent to an activating group) is 1. The Morgan fingerprint density at radius 2 is 2.07 bits per heavy atom. The third kappa shape index (κ3) is 4.59. The molecular weight excluding hydrogens is 196 g/mol. The smallest absolute Gasteiger partial charge is 0.337 e. The first kappa shape index (κ1) is 14.3. The van der Waals surface area contributed by atoms with Crippen molar-refractivity contribution in [3.8, 4) is 0 Å². The number of rotatable bonds is 6. The minimum absolute atomic E-state index is 0.151. The number of carbonyl (C=O) groups excluding carboxylic acids is 1. The maximum Gasteiger partial charge on any atom is 0.337 e. The fraction of sp³-hybridized carbons (Fsp3) is 0.900. The second kappa shape index (κ2) is 6.05. The lowest BCUT2D eigenvalue weighted by atomic mass is 10.1. The molecule has 0 aromatic heterocycles. The molecule has 0 unspecified atom stereocenters. The van der Waals surface area contributed by atoms with E-state index >= 15 is 0 Å². The third-order valence-corrected chi connectivity index (χ3v) is 2.11. The lowest BCUT2D eigenvalue weighted by Gasteiger charge is -2.30. The van der Waals surface area contributed by atoms with Crippen LogP contribution in [0.3, 0.4) is 0 Å². The standard InChI is InChI=1S/C10H22N2O3/c1-7(11)8(6-12-4)15-10(2,3)9(13)14-5/h7-8,12H,6,11H2,1-5H3/t7-,8-/m1/s1. The van der Waals surface area contributed by atoms with E-state index in [0.29, 0.717) is 6.54 Å². The summed E-state index contributed by atoms with van der Waals surface area (Å²) in [5, 5.41) is 2.97. The van der Waals surface area contributed by atoms with Crippen molar-refractivity contribution < 1.29 is 14.3 Å². The lowest BCUT2D eigenvalue weighted by Crippen LogP contribution is -2.48. The van der Waals surface area contributed by atoms with Gasteiger partial charge in [0, 0.05) is 12.6 Å². The highest BCUT2D eigenvalue weighted by atomic mass is 16.6. The third-order valence-electron chi connectivity index (χ3n) is 2.11. The molecule has 0 heterocycles. The predicted octanol–water partition coefficient (Wildman–Crippen LogP) is -0.110. The highest BCUT2D eigenvalue weighted by Gasteiger charge is 2.33. The van der Waals surface area contributed by atoms with E-state index in [9.17, 15) is 4.79 Å². The van der Waals surface area contributed by atoms with Crippen molar-refractivity contribution in [2.24, 2.45) is 5.73 Å². The molecule has 2 atom stereocenters. The average molecular weight is 218 g/mol. The van der Waals surface area contributed by atoms with Gasteiger partial charge in [-0.05, 0) is 27.8 Å². The molecular formula is C10H22N2O3. The molecule has 3 N–H and O–H groups in total. The Kier molecular flexibility index (Phi) is 5.79. The van der Waals surface area contributed by atoms with Crippen LogP contribution >= 0.6 is 0 Å². The van der Waals surface area contributed by atoms with Crippen LogP contribution in [-0.4, -0.2) is 44.4 Å². The highest BCUT2D eigenvalue weighted by Crippen LogP contribution is 2.15. The van der Waals surface area contributed by atoms with Crippen molar-refractivity contribution >= 4 is 5.97 Å². The van der Waals surface area contributed by atoms with Crippen LogP contribution in [0.1, 0.15) is 20.8 Å². The maximum atomic E-state index is 11.4. The topological polar surface area (TPSA) is 73.6 Å². The normalized spacial score (nSPS) is 15.9. The van der Waals surface area contributed by atoms with E-state index in [0.717, 1.165) is 0 Å². The number of hydrogen-bond donors (Lipinski definition) is 2. The summed E-state index contributed by atoms with van der Waals surface area (Å²) in [5.74, 6) is -0.399. The molecule has 0 saturated carbocycles. The van der Waals surface area contributed by atoms with Gasteiger partial charge >= 0.3 is 5.97 Å². The van der Waals surface area contributed by atoms with Gasteiger partial charge in [-0.2, -0.15) is 0 Å². The number of methoxy groups -OCH3 is 1. The maximum absolute atomic E-state index is 11.4. The zero-order valence-corrected chi connectivity index (χ0v) is 10.2. The number of esters is 1. The molecule has 0 aromatic rings. The lowest BCUT2D eigenvalue weighted by molar-refractivity contribution is -0.172. The monoisotopic (exact) mass is 218 g/mol. The first-order valence-electron chi connectivity index (χ1n) is 5.01. The first-order chi connectivity index (χ1) is 6.85. The summed E-state index contributed by atoms with van der Waals surface area (Å²) in [6.07, 6.45) is -0.218. The summed E-state index contributed by atoms with van der Waals surface area (Å²) in [7, 11) is 3.15. The molecule has 0 radical (unpaired) electrons. The zero-order valence-electron chi connectivity index (χ0n) is 10.2. The van der Waals surface area contributed by atoms with Gasteiger partial charge in [0.25, 0.3) is 0 Å². The Morgan fingerprint density at radius 1 is 1.53 bits per heavy atom. The molecule has 0 rings (SSSR count). The summed E-state index contributed by atoms with van der Waals surface area (Å²) in [5.41, 5.74) is 4.79. The number of nitrogens with two attached hydrogens (primary N) is 1. The van der Waals surface area contributed by atoms with Gasteiger partial charge in [0.2, 0.25) is 0 Å². The second-order valence-corrected chi connectivity index (χ2v) is 4.07. The van der Waals surface area contributed by atoms with E-state index in [4.69, 9.17) is 10.5 Å². The fourth-order valence-electron chi connectivity index (χ4n) is 1.21. The highest BCUT2D eigenvalue weighted by molar-refractivity contribution is 5.78. The van der Waals surface area contributed by atoms with E-state index in [1.54, 1.807) is 13.8 Å². The molecule has 0 saturated heterocycles. The van der Waals surface area contributed by atoms with Crippen LogP contribution in [0.4, 0.5) is 0 Å². The van der Waals surface area contributed by atoms with Gasteiger partial charge in [0.15, 0.2) is 5.60 Å². The molecule has 0 aliphatic carbocycles. The summed E-state index contributed by atoms with van der Waals surface area (Å²) < 4.78 is 10.3. The minimum atomic E-state index is -0.968. The Balaban J connectivity index is 4.44. The molecule has 90 valence electrons. The molecule has 0 bridgehead atoms. The summed E-state index contributed by atoms with van der Waals surface area (Å²) in [4.78, 5) is 11.4. The molecule has 0 amide bonds. The second-order valence-electron chi connectivity index (χ2n) is 4.07. The predicted molar refractivity (Wildman–Crippen MR) is 58.5 cm³/mol. The van der Waals surface area contributed by atoms with Crippen molar-refractivity contribution in [3.63, 3.8) is 0 Å². The van der Waals surface area contributed by atoms with Crippen LogP contribution in [0.5, 0.6) is 0 Å². The molecule has 0 aliphatic heterocycles. The van der Waals surface area contributed by atoms with Crippen molar-refractivity contribution in [2.75, 3.05) is 20.7 Å². The van der Waals surface area contributed by atoms with Crippen LogP contribution in [-0.2, 0) is 14.3 Å². The molecule has 5 nitrogen and oxygen atoms in total. The van der Waals surface area contributed by atoms with Gasteiger partial charge in [0.1, 0.15) is 0 Å². The summed E-state index contributed by atoms with van der Waals surface area (Å²) >= 11 is 0. The minimum Gasteiger partial charge on any atom is -0.467 e. The van der Waals surface area contributed by atoms with Gasteiger partial charge < -0.3 is 20.5 Å². The van der Waals surface area contributed by atoms with Gasteiger partial charge in [-0.3, -0.25) is 0 Å². The quantitative estimate of drug-likeness (QED) is 0.609. The largest absolute Gasteiger partial charge is 0.467 e. The van der Waals surface area contributed by atoms with E-state index in [-0.39, 0.29) is 12.1 Å². The molecule has 0 aromatic carbocycles. The van der Waals surface area contributed by atoms with E-state index in [1.165, 1.54) is 7.11 Å². The van der Waals surface area contributed by atoms with Crippen LogP contribution in [0.25, 0.3) is 0 Å².